The SMILES string of the molecule is CC#Cc1cc(F)c(C2=C(OC)CCC2=O)c(OC)c1. The van der Waals surface area contributed by atoms with Gasteiger partial charge < -0.3 is 9.47 Å². The molecule has 20 heavy (non-hydrogen) atoms. The number of rotatable bonds is 3. The molecule has 0 aromatic heterocycles. The molecule has 1 aliphatic carbocycles. The Labute approximate surface area is 117 Å². The number of ketones is 1. The number of hydrogen-bond donors (Lipinski definition) is 0. The van der Waals surface area contributed by atoms with E-state index in [9.17, 15) is 9.18 Å². The Hall–Kier alpha value is -2.28. The first-order valence-electron chi connectivity index (χ1n) is 6.23. The molecule has 0 radical (unpaired) electrons. The molecule has 0 unspecified atom stereocenters. The van der Waals surface area contributed by atoms with Crippen LogP contribution in [-0.2, 0) is 9.53 Å². The minimum absolute atomic E-state index is 0.131. The maximum atomic E-state index is 14.4. The van der Waals surface area contributed by atoms with Gasteiger partial charge in [0.15, 0.2) is 5.78 Å². The van der Waals surface area contributed by atoms with Crippen LogP contribution in [-0.4, -0.2) is 20.0 Å². The van der Waals surface area contributed by atoms with Crippen molar-refractivity contribution in [2.24, 2.45) is 0 Å². The van der Waals surface area contributed by atoms with Crippen molar-refractivity contribution in [3.05, 3.63) is 34.8 Å². The zero-order valence-corrected chi connectivity index (χ0v) is 11.7. The molecule has 0 N–H and O–H groups in total. The molecule has 1 aromatic rings. The molecule has 2 rings (SSSR count). The second-order valence-corrected chi connectivity index (χ2v) is 4.34. The average molecular weight is 274 g/mol. The third-order valence-electron chi connectivity index (χ3n) is 3.18. The van der Waals surface area contributed by atoms with E-state index in [1.807, 2.05) is 0 Å². The van der Waals surface area contributed by atoms with Gasteiger partial charge >= 0.3 is 0 Å². The number of hydrogen-bond acceptors (Lipinski definition) is 3. The van der Waals surface area contributed by atoms with E-state index in [2.05, 4.69) is 11.8 Å². The van der Waals surface area contributed by atoms with Crippen molar-refractivity contribution in [1.82, 2.24) is 0 Å². The van der Waals surface area contributed by atoms with E-state index >= 15 is 0 Å². The van der Waals surface area contributed by atoms with E-state index in [1.165, 1.54) is 20.3 Å². The molecule has 0 fully saturated rings. The van der Waals surface area contributed by atoms with Crippen molar-refractivity contribution in [2.45, 2.75) is 19.8 Å². The van der Waals surface area contributed by atoms with Gasteiger partial charge in [-0.3, -0.25) is 4.79 Å². The monoisotopic (exact) mass is 274 g/mol. The first-order valence-corrected chi connectivity index (χ1v) is 6.23. The van der Waals surface area contributed by atoms with Crippen molar-refractivity contribution in [2.75, 3.05) is 14.2 Å². The Morgan fingerprint density at radius 3 is 2.55 bits per heavy atom. The normalized spacial score (nSPS) is 14.1. The van der Waals surface area contributed by atoms with E-state index in [0.29, 0.717) is 29.9 Å². The third-order valence-corrected chi connectivity index (χ3v) is 3.18. The van der Waals surface area contributed by atoms with Crippen LogP contribution in [0.25, 0.3) is 5.57 Å². The van der Waals surface area contributed by atoms with Crippen LogP contribution in [0.15, 0.2) is 17.9 Å². The summed E-state index contributed by atoms with van der Waals surface area (Å²) in [5, 5.41) is 0. The lowest BCUT2D eigenvalue weighted by atomic mass is 10.00. The highest BCUT2D eigenvalue weighted by molar-refractivity contribution is 6.24. The molecule has 1 aromatic carbocycles. The van der Waals surface area contributed by atoms with Crippen molar-refractivity contribution in [3.63, 3.8) is 0 Å². The van der Waals surface area contributed by atoms with Gasteiger partial charge in [0.2, 0.25) is 0 Å². The fraction of sp³-hybridized carbons (Fsp3) is 0.312. The van der Waals surface area contributed by atoms with E-state index < -0.39 is 5.82 Å². The van der Waals surface area contributed by atoms with E-state index in [0.717, 1.165) is 0 Å². The molecule has 0 aliphatic heterocycles. The minimum atomic E-state index is -0.526. The second-order valence-electron chi connectivity index (χ2n) is 4.34. The predicted octanol–water partition coefficient (Wildman–Crippen LogP) is 2.93. The fourth-order valence-corrected chi connectivity index (χ4v) is 2.32. The van der Waals surface area contributed by atoms with Crippen molar-refractivity contribution in [3.8, 4) is 17.6 Å². The number of halogens is 1. The molecule has 0 heterocycles. The number of ether oxygens (including phenoxy) is 2. The Morgan fingerprint density at radius 1 is 1.20 bits per heavy atom. The highest BCUT2D eigenvalue weighted by Gasteiger charge is 2.30. The summed E-state index contributed by atoms with van der Waals surface area (Å²) in [7, 11) is 2.92. The van der Waals surface area contributed by atoms with Crippen molar-refractivity contribution in [1.29, 1.82) is 0 Å². The molecule has 1 aliphatic rings. The molecule has 4 heteroatoms. The lowest BCUT2D eigenvalue weighted by Gasteiger charge is -2.12. The number of carbonyl (C=O) groups excluding carboxylic acids is 1. The van der Waals surface area contributed by atoms with Gasteiger partial charge in [-0.1, -0.05) is 5.92 Å². The van der Waals surface area contributed by atoms with Gasteiger partial charge in [-0.05, 0) is 19.1 Å². The summed E-state index contributed by atoms with van der Waals surface area (Å²) >= 11 is 0. The zero-order chi connectivity index (χ0) is 14.7. The van der Waals surface area contributed by atoms with Crippen molar-refractivity contribution < 1.29 is 18.7 Å². The summed E-state index contributed by atoms with van der Waals surface area (Å²) in [5.41, 5.74) is 0.946. The molecule has 0 amide bonds. The molecule has 0 bridgehead atoms. The standard InChI is InChI=1S/C16H15FO3/c1-4-5-10-8-11(17)15(14(9-10)20-3)16-12(18)6-7-13(16)19-2/h8-9H,6-7H2,1-3H3. The maximum Gasteiger partial charge on any atom is 0.167 e. The summed E-state index contributed by atoms with van der Waals surface area (Å²) in [6.45, 7) is 1.67. The average Bonchev–Trinajstić information content (AvgIpc) is 2.79. The number of Topliss-reactive ketones (excluding diaryl/α,β-unsaturated/α-hetero) is 1. The topological polar surface area (TPSA) is 35.5 Å². The zero-order valence-electron chi connectivity index (χ0n) is 11.7. The van der Waals surface area contributed by atoms with Gasteiger partial charge in [-0.25, -0.2) is 4.39 Å². The second kappa shape index (κ2) is 5.79. The lowest BCUT2D eigenvalue weighted by molar-refractivity contribution is -0.113. The summed E-state index contributed by atoms with van der Waals surface area (Å²) in [6.07, 6.45) is 0.821. The summed E-state index contributed by atoms with van der Waals surface area (Å²) < 4.78 is 24.8. The van der Waals surface area contributed by atoms with E-state index in [1.54, 1.807) is 13.0 Å². The molecular formula is C16H15FO3. The predicted molar refractivity (Wildman–Crippen MR) is 73.7 cm³/mol. The van der Waals surface area contributed by atoms with Gasteiger partial charge in [0, 0.05) is 18.4 Å². The third kappa shape index (κ3) is 2.39. The Balaban J connectivity index is 2.67. The van der Waals surface area contributed by atoms with Crippen LogP contribution in [0.3, 0.4) is 0 Å². The smallest absolute Gasteiger partial charge is 0.167 e. The molecule has 0 saturated carbocycles. The Bertz CT molecular complexity index is 648. The van der Waals surface area contributed by atoms with Gasteiger partial charge in [0.05, 0.1) is 25.4 Å². The number of allylic oxidation sites excluding steroid dienone is 2. The summed E-state index contributed by atoms with van der Waals surface area (Å²) in [4.78, 5) is 12.0. The molecular weight excluding hydrogens is 259 g/mol. The van der Waals surface area contributed by atoms with Gasteiger partial charge in [-0.2, -0.15) is 0 Å². The van der Waals surface area contributed by atoms with Crippen LogP contribution >= 0.6 is 0 Å². The largest absolute Gasteiger partial charge is 0.500 e. The summed E-state index contributed by atoms with van der Waals surface area (Å²) in [6, 6.07) is 2.93. The van der Waals surface area contributed by atoms with Crippen LogP contribution in [0.5, 0.6) is 5.75 Å². The minimum Gasteiger partial charge on any atom is -0.500 e. The van der Waals surface area contributed by atoms with E-state index in [-0.39, 0.29) is 16.9 Å². The van der Waals surface area contributed by atoms with Crippen LogP contribution in [0.4, 0.5) is 4.39 Å². The highest BCUT2D eigenvalue weighted by atomic mass is 19.1. The van der Waals surface area contributed by atoms with Gasteiger partial charge in [0.25, 0.3) is 0 Å². The van der Waals surface area contributed by atoms with Crippen LogP contribution in [0.1, 0.15) is 30.9 Å². The maximum absolute atomic E-state index is 14.4. The van der Waals surface area contributed by atoms with Crippen molar-refractivity contribution >= 4 is 11.4 Å². The first kappa shape index (κ1) is 14.1. The number of methoxy groups -OCH3 is 2. The molecule has 0 spiro atoms. The Morgan fingerprint density at radius 2 is 1.95 bits per heavy atom. The lowest BCUT2D eigenvalue weighted by Crippen LogP contribution is -2.03. The fourth-order valence-electron chi connectivity index (χ4n) is 2.32. The van der Waals surface area contributed by atoms with Crippen LogP contribution in [0, 0.1) is 17.7 Å². The molecule has 3 nitrogen and oxygen atoms in total. The van der Waals surface area contributed by atoms with Crippen LogP contribution in [0.2, 0.25) is 0 Å². The van der Waals surface area contributed by atoms with Gasteiger partial charge in [-0.15, -0.1) is 5.92 Å². The molecule has 0 saturated heterocycles. The summed E-state index contributed by atoms with van der Waals surface area (Å²) in [5.74, 6) is 5.62. The Kier molecular flexibility index (Phi) is 4.09. The van der Waals surface area contributed by atoms with Crippen LogP contribution < -0.4 is 4.74 Å². The van der Waals surface area contributed by atoms with E-state index in [4.69, 9.17) is 9.47 Å². The van der Waals surface area contributed by atoms with Gasteiger partial charge in [0.1, 0.15) is 17.3 Å². The number of carbonyl (C=O) groups is 1. The highest BCUT2D eigenvalue weighted by Crippen LogP contribution is 2.38. The first-order chi connectivity index (χ1) is 9.62. The number of benzene rings is 1. The quantitative estimate of drug-likeness (QED) is 0.795. The molecule has 0 atom stereocenters. The molecule has 104 valence electrons.